The number of likely N-dealkylation sites (tertiary alicyclic amines) is 1. The van der Waals surface area contributed by atoms with E-state index in [2.05, 4.69) is 25.7 Å². The van der Waals surface area contributed by atoms with Crippen LogP contribution in [-0.4, -0.2) is 43.3 Å². The minimum atomic E-state index is 0.150. The Bertz CT molecular complexity index is 192. The van der Waals surface area contributed by atoms with Crippen LogP contribution >= 0.6 is 0 Å². The van der Waals surface area contributed by atoms with Gasteiger partial charge in [0.1, 0.15) is 0 Å². The van der Waals surface area contributed by atoms with E-state index in [0.29, 0.717) is 12.0 Å². The van der Waals surface area contributed by atoms with Crippen molar-refractivity contribution in [3.8, 4) is 0 Å². The second-order valence-electron chi connectivity index (χ2n) is 5.04. The lowest BCUT2D eigenvalue weighted by atomic mass is 9.89. The number of piperidine rings is 1. The van der Waals surface area contributed by atoms with Gasteiger partial charge in [0.25, 0.3) is 0 Å². The summed E-state index contributed by atoms with van der Waals surface area (Å²) in [6, 6.07) is 0. The highest BCUT2D eigenvalue weighted by molar-refractivity contribution is 4.91. The maximum absolute atomic E-state index is 5.89. The maximum atomic E-state index is 5.89. The Kier molecular flexibility index (Phi) is 4.56. The fourth-order valence-corrected chi connectivity index (χ4v) is 2.33. The molecule has 3 atom stereocenters. The van der Waals surface area contributed by atoms with Crippen molar-refractivity contribution in [2.24, 2.45) is 11.7 Å². The molecule has 1 saturated heterocycles. The van der Waals surface area contributed by atoms with Crippen LogP contribution in [0.2, 0.25) is 0 Å². The molecule has 3 nitrogen and oxygen atoms in total. The van der Waals surface area contributed by atoms with Crippen LogP contribution in [0.3, 0.4) is 0 Å². The molecule has 1 rings (SSSR count). The number of hydrogen-bond donors (Lipinski definition) is 1. The highest BCUT2D eigenvalue weighted by Gasteiger charge is 2.35. The molecule has 3 heteroatoms. The molecule has 1 aliphatic heterocycles. The zero-order valence-corrected chi connectivity index (χ0v) is 10.6. The summed E-state index contributed by atoms with van der Waals surface area (Å²) in [6.45, 7) is 9.66. The summed E-state index contributed by atoms with van der Waals surface area (Å²) >= 11 is 0. The van der Waals surface area contributed by atoms with Gasteiger partial charge in [0.2, 0.25) is 0 Å². The molecule has 3 unspecified atom stereocenters. The van der Waals surface area contributed by atoms with Crippen LogP contribution in [-0.2, 0) is 4.74 Å². The second kappa shape index (κ2) is 5.28. The number of ether oxygens (including phenoxy) is 1. The number of nitrogens with two attached hydrogens (primary N) is 1. The first-order chi connectivity index (χ1) is 7.07. The largest absolute Gasteiger partial charge is 0.380 e. The van der Waals surface area contributed by atoms with Crippen LogP contribution in [0.4, 0.5) is 0 Å². The van der Waals surface area contributed by atoms with Crippen molar-refractivity contribution >= 4 is 0 Å². The molecule has 1 aliphatic rings. The zero-order valence-electron chi connectivity index (χ0n) is 10.6. The van der Waals surface area contributed by atoms with Gasteiger partial charge in [0.15, 0.2) is 0 Å². The molecule has 0 saturated carbocycles. The van der Waals surface area contributed by atoms with E-state index in [1.165, 1.54) is 6.42 Å². The van der Waals surface area contributed by atoms with E-state index in [1.807, 2.05) is 7.11 Å². The third kappa shape index (κ3) is 2.71. The molecule has 1 fully saturated rings. The molecule has 15 heavy (non-hydrogen) atoms. The first-order valence-corrected chi connectivity index (χ1v) is 6.05. The summed E-state index contributed by atoms with van der Waals surface area (Å²) in [7, 11) is 1.82. The monoisotopic (exact) mass is 214 g/mol. The highest BCUT2D eigenvalue weighted by Crippen LogP contribution is 2.27. The summed E-state index contributed by atoms with van der Waals surface area (Å²) < 4.78 is 5.54. The van der Waals surface area contributed by atoms with Crippen molar-refractivity contribution in [1.29, 1.82) is 0 Å². The Labute approximate surface area is 94.0 Å². The molecular weight excluding hydrogens is 188 g/mol. The minimum absolute atomic E-state index is 0.150. The van der Waals surface area contributed by atoms with Gasteiger partial charge in [-0.2, -0.15) is 0 Å². The molecule has 90 valence electrons. The van der Waals surface area contributed by atoms with Crippen molar-refractivity contribution in [3.63, 3.8) is 0 Å². The molecular formula is C12H26N2O. The van der Waals surface area contributed by atoms with Gasteiger partial charge < -0.3 is 10.5 Å². The van der Waals surface area contributed by atoms with Gasteiger partial charge in [-0.25, -0.2) is 0 Å². The highest BCUT2D eigenvalue weighted by atomic mass is 16.5. The molecule has 1 heterocycles. The van der Waals surface area contributed by atoms with Gasteiger partial charge in [-0.15, -0.1) is 0 Å². The quantitative estimate of drug-likeness (QED) is 0.770. The number of hydrogen-bond acceptors (Lipinski definition) is 3. The molecule has 0 aliphatic carbocycles. The predicted molar refractivity (Wildman–Crippen MR) is 63.9 cm³/mol. The summed E-state index contributed by atoms with van der Waals surface area (Å²) in [4.78, 5) is 2.50. The van der Waals surface area contributed by atoms with Gasteiger partial charge in [-0.05, 0) is 32.2 Å². The van der Waals surface area contributed by atoms with Gasteiger partial charge in [0, 0.05) is 25.7 Å². The molecule has 2 N–H and O–H groups in total. The minimum Gasteiger partial charge on any atom is -0.380 e. The van der Waals surface area contributed by atoms with Gasteiger partial charge in [-0.1, -0.05) is 13.8 Å². The molecule has 0 radical (unpaired) electrons. The third-order valence-corrected chi connectivity index (χ3v) is 4.16. The summed E-state index contributed by atoms with van der Waals surface area (Å²) in [5.41, 5.74) is 6.04. The second-order valence-corrected chi connectivity index (χ2v) is 5.04. The molecule has 0 amide bonds. The molecule has 0 bridgehead atoms. The van der Waals surface area contributed by atoms with Crippen LogP contribution in [0.5, 0.6) is 0 Å². The molecule has 0 aromatic rings. The Balaban J connectivity index is 2.64. The Hall–Kier alpha value is -0.120. The van der Waals surface area contributed by atoms with E-state index in [1.54, 1.807) is 0 Å². The summed E-state index contributed by atoms with van der Waals surface area (Å²) in [5, 5.41) is 0. The van der Waals surface area contributed by atoms with Gasteiger partial charge in [-0.3, -0.25) is 4.90 Å². The standard InChI is InChI=1S/C12H26N2O/c1-5-12(3,9-13)14-7-6-10(2)11(8-14)15-4/h10-11H,5-9,13H2,1-4H3. The van der Waals surface area contributed by atoms with Crippen molar-refractivity contribution in [1.82, 2.24) is 4.90 Å². The SMILES string of the molecule is CCC(C)(CN)N1CCC(C)C(OC)C1. The summed E-state index contributed by atoms with van der Waals surface area (Å²) in [5.74, 6) is 0.671. The van der Waals surface area contributed by atoms with Crippen LogP contribution in [0, 0.1) is 5.92 Å². The van der Waals surface area contributed by atoms with Crippen LogP contribution in [0.15, 0.2) is 0 Å². The Morgan fingerprint density at radius 2 is 2.20 bits per heavy atom. The smallest absolute Gasteiger partial charge is 0.0724 e. The van der Waals surface area contributed by atoms with Crippen molar-refractivity contribution in [2.75, 3.05) is 26.7 Å². The number of nitrogens with zero attached hydrogens (tertiary/aromatic N) is 1. The maximum Gasteiger partial charge on any atom is 0.0724 e. The third-order valence-electron chi connectivity index (χ3n) is 4.16. The number of methoxy groups -OCH3 is 1. The molecule has 0 aromatic heterocycles. The Morgan fingerprint density at radius 3 is 2.67 bits per heavy atom. The van der Waals surface area contributed by atoms with E-state index in [-0.39, 0.29) is 5.54 Å². The van der Waals surface area contributed by atoms with Crippen molar-refractivity contribution in [2.45, 2.75) is 45.3 Å². The van der Waals surface area contributed by atoms with Gasteiger partial charge >= 0.3 is 0 Å². The van der Waals surface area contributed by atoms with Crippen LogP contribution in [0.1, 0.15) is 33.6 Å². The average Bonchev–Trinajstić information content (AvgIpc) is 2.28. The van der Waals surface area contributed by atoms with E-state index >= 15 is 0 Å². The topological polar surface area (TPSA) is 38.5 Å². The lowest BCUT2D eigenvalue weighted by molar-refractivity contribution is -0.0409. The number of rotatable bonds is 4. The zero-order chi connectivity index (χ0) is 11.5. The fraction of sp³-hybridized carbons (Fsp3) is 1.00. The predicted octanol–water partition coefficient (Wildman–Crippen LogP) is 1.47. The average molecular weight is 214 g/mol. The Morgan fingerprint density at radius 1 is 1.53 bits per heavy atom. The van der Waals surface area contributed by atoms with Crippen LogP contribution in [0.25, 0.3) is 0 Å². The summed E-state index contributed by atoms with van der Waals surface area (Å²) in [6.07, 6.45) is 2.69. The van der Waals surface area contributed by atoms with Crippen molar-refractivity contribution < 1.29 is 4.74 Å². The van der Waals surface area contributed by atoms with E-state index < -0.39 is 0 Å². The lowest BCUT2D eigenvalue weighted by Crippen LogP contribution is -2.57. The normalized spacial score (nSPS) is 32.6. The van der Waals surface area contributed by atoms with Gasteiger partial charge in [0.05, 0.1) is 6.10 Å². The van der Waals surface area contributed by atoms with Crippen LogP contribution < -0.4 is 5.73 Å². The first-order valence-electron chi connectivity index (χ1n) is 6.05. The molecule has 0 aromatic carbocycles. The van der Waals surface area contributed by atoms with E-state index in [4.69, 9.17) is 10.5 Å². The first kappa shape index (κ1) is 12.9. The van der Waals surface area contributed by atoms with E-state index in [0.717, 1.165) is 26.1 Å². The lowest BCUT2D eigenvalue weighted by Gasteiger charge is -2.46. The van der Waals surface area contributed by atoms with Crippen molar-refractivity contribution in [3.05, 3.63) is 0 Å². The molecule has 0 spiro atoms. The fourth-order valence-electron chi connectivity index (χ4n) is 2.33. The van der Waals surface area contributed by atoms with E-state index in [9.17, 15) is 0 Å².